The number of rotatable bonds is 5. The number of carbonyl (C=O) groups excluding carboxylic acids is 2. The van der Waals surface area contributed by atoms with Crippen LogP contribution in [0, 0.1) is 6.92 Å². The number of benzene rings is 1. The van der Waals surface area contributed by atoms with Gasteiger partial charge >= 0.3 is 11.8 Å². The summed E-state index contributed by atoms with van der Waals surface area (Å²) in [6, 6.07) is 10.8. The number of thiophene rings is 2. The molecule has 3 rings (SSSR count). The minimum absolute atomic E-state index is 0.0511. The average Bonchev–Trinajstić information content (AvgIpc) is 3.33. The lowest BCUT2D eigenvalue weighted by Crippen LogP contribution is -2.37. The smallest absolute Gasteiger partial charge is 0.313 e. The number of aliphatic hydroxyl groups is 1. The number of amides is 2. The van der Waals surface area contributed by atoms with Gasteiger partial charge in [0.2, 0.25) is 0 Å². The quantitative estimate of drug-likeness (QED) is 0.540. The van der Waals surface area contributed by atoms with Gasteiger partial charge in [-0.05, 0) is 53.6 Å². The second-order valence-electron chi connectivity index (χ2n) is 5.86. The summed E-state index contributed by atoms with van der Waals surface area (Å²) in [5.74, 6) is -1.63. The molecule has 0 fully saturated rings. The van der Waals surface area contributed by atoms with Crippen molar-refractivity contribution in [2.24, 2.45) is 0 Å². The molecule has 27 heavy (non-hydrogen) atoms. The molecule has 140 valence electrons. The van der Waals surface area contributed by atoms with Crippen molar-refractivity contribution in [2.75, 3.05) is 11.9 Å². The molecule has 0 spiro atoms. The minimum Gasteiger partial charge on any atom is -0.386 e. The van der Waals surface area contributed by atoms with E-state index in [0.717, 1.165) is 20.9 Å². The SMILES string of the molecule is Cc1ccc(NC(=O)C(=O)NCC(O)c2ccc(-c3ccsc3)s2)cc1Cl. The molecule has 1 unspecified atom stereocenters. The second kappa shape index (κ2) is 8.67. The zero-order valence-corrected chi connectivity index (χ0v) is 16.8. The molecule has 5 nitrogen and oxygen atoms in total. The van der Waals surface area contributed by atoms with E-state index in [1.165, 1.54) is 11.3 Å². The van der Waals surface area contributed by atoms with Gasteiger partial charge in [0, 0.05) is 32.6 Å². The maximum atomic E-state index is 12.0. The summed E-state index contributed by atoms with van der Waals surface area (Å²) < 4.78 is 0. The number of carbonyl (C=O) groups is 2. The lowest BCUT2D eigenvalue weighted by atomic mass is 10.2. The molecule has 2 amide bonds. The minimum atomic E-state index is -0.882. The van der Waals surface area contributed by atoms with Crippen LogP contribution in [0.4, 0.5) is 5.69 Å². The zero-order chi connectivity index (χ0) is 19.4. The Bertz CT molecular complexity index is 954. The molecule has 0 aliphatic heterocycles. The van der Waals surface area contributed by atoms with Crippen LogP contribution in [0.15, 0.2) is 47.2 Å². The monoisotopic (exact) mass is 420 g/mol. The van der Waals surface area contributed by atoms with E-state index < -0.39 is 17.9 Å². The van der Waals surface area contributed by atoms with Gasteiger partial charge in [-0.2, -0.15) is 11.3 Å². The maximum Gasteiger partial charge on any atom is 0.313 e. The van der Waals surface area contributed by atoms with E-state index in [-0.39, 0.29) is 6.54 Å². The Labute approximate surface area is 169 Å². The predicted molar refractivity (Wildman–Crippen MR) is 110 cm³/mol. The van der Waals surface area contributed by atoms with Crippen molar-refractivity contribution in [2.45, 2.75) is 13.0 Å². The van der Waals surface area contributed by atoms with Crippen molar-refractivity contribution >= 4 is 51.8 Å². The van der Waals surface area contributed by atoms with Crippen LogP contribution in [0.1, 0.15) is 16.5 Å². The van der Waals surface area contributed by atoms with Crippen LogP contribution < -0.4 is 10.6 Å². The molecular formula is C19H17ClN2O3S2. The normalized spacial score (nSPS) is 11.8. The summed E-state index contributed by atoms with van der Waals surface area (Å²) in [6.07, 6.45) is -0.882. The third-order valence-corrected chi connectivity index (χ3v) is 6.18. The van der Waals surface area contributed by atoms with Crippen LogP contribution in [0.25, 0.3) is 10.4 Å². The molecule has 0 radical (unpaired) electrons. The van der Waals surface area contributed by atoms with Gasteiger partial charge < -0.3 is 15.7 Å². The fourth-order valence-corrected chi connectivity index (χ4v) is 4.22. The molecule has 1 atom stereocenters. The fourth-order valence-electron chi connectivity index (χ4n) is 2.32. The summed E-state index contributed by atoms with van der Waals surface area (Å²) >= 11 is 9.06. The fraction of sp³-hybridized carbons (Fsp3) is 0.158. The molecule has 1 aromatic carbocycles. The van der Waals surface area contributed by atoms with Crippen molar-refractivity contribution in [3.8, 4) is 10.4 Å². The number of halogens is 1. The molecule has 2 aromatic heterocycles. The van der Waals surface area contributed by atoms with E-state index >= 15 is 0 Å². The lowest BCUT2D eigenvalue weighted by molar-refractivity contribution is -0.136. The molecule has 0 saturated heterocycles. The molecule has 0 bridgehead atoms. The zero-order valence-electron chi connectivity index (χ0n) is 14.4. The topological polar surface area (TPSA) is 78.4 Å². The summed E-state index contributed by atoms with van der Waals surface area (Å²) in [5, 5.41) is 19.7. The molecule has 3 aromatic rings. The molecule has 8 heteroatoms. The molecule has 0 saturated carbocycles. The summed E-state index contributed by atoms with van der Waals surface area (Å²) in [4.78, 5) is 25.7. The van der Waals surface area contributed by atoms with Gasteiger partial charge in [-0.25, -0.2) is 0 Å². The molecule has 2 heterocycles. The first kappa shape index (κ1) is 19.6. The van der Waals surface area contributed by atoms with Gasteiger partial charge in [-0.15, -0.1) is 11.3 Å². The van der Waals surface area contributed by atoms with Gasteiger partial charge in [0.05, 0.1) is 0 Å². The number of hydrogen-bond acceptors (Lipinski definition) is 5. The highest BCUT2D eigenvalue weighted by atomic mass is 35.5. The molecular weight excluding hydrogens is 404 g/mol. The van der Waals surface area contributed by atoms with E-state index in [0.29, 0.717) is 10.7 Å². The average molecular weight is 421 g/mol. The number of aryl methyl sites for hydroxylation is 1. The number of anilines is 1. The third-order valence-electron chi connectivity index (χ3n) is 3.85. The van der Waals surface area contributed by atoms with Gasteiger partial charge in [0.25, 0.3) is 0 Å². The standard InChI is InChI=1S/C19H17ClN2O3S2/c1-11-2-3-13(8-14(11)20)22-19(25)18(24)21-9-15(23)17-5-4-16(27-17)12-6-7-26-10-12/h2-8,10,15,23H,9H2,1H3,(H,21,24)(H,22,25). The van der Waals surface area contributed by atoms with E-state index in [1.54, 1.807) is 29.5 Å². The lowest BCUT2D eigenvalue weighted by Gasteiger charge is -2.11. The Morgan fingerprint density at radius 1 is 1.19 bits per heavy atom. The van der Waals surface area contributed by atoms with Gasteiger partial charge in [-0.3, -0.25) is 9.59 Å². The van der Waals surface area contributed by atoms with Crippen LogP contribution in [0.2, 0.25) is 5.02 Å². The van der Waals surface area contributed by atoms with Gasteiger partial charge in [0.15, 0.2) is 0 Å². The maximum absolute atomic E-state index is 12.0. The van der Waals surface area contributed by atoms with Crippen molar-refractivity contribution in [3.63, 3.8) is 0 Å². The second-order valence-corrected chi connectivity index (χ2v) is 8.16. The van der Waals surface area contributed by atoms with Crippen LogP contribution in [-0.2, 0) is 9.59 Å². The van der Waals surface area contributed by atoms with Gasteiger partial charge in [-0.1, -0.05) is 17.7 Å². The van der Waals surface area contributed by atoms with E-state index in [4.69, 9.17) is 11.6 Å². The highest BCUT2D eigenvalue weighted by molar-refractivity contribution is 7.16. The molecule has 3 N–H and O–H groups in total. The first-order valence-electron chi connectivity index (χ1n) is 8.09. The first-order chi connectivity index (χ1) is 12.9. The Kier molecular flexibility index (Phi) is 6.28. The summed E-state index contributed by atoms with van der Waals surface area (Å²) in [5.41, 5.74) is 2.41. The Morgan fingerprint density at radius 3 is 2.70 bits per heavy atom. The van der Waals surface area contributed by atoms with Crippen molar-refractivity contribution in [1.29, 1.82) is 0 Å². The largest absolute Gasteiger partial charge is 0.386 e. The van der Waals surface area contributed by atoms with Gasteiger partial charge in [0.1, 0.15) is 6.10 Å². The summed E-state index contributed by atoms with van der Waals surface area (Å²) in [6.45, 7) is 1.79. The van der Waals surface area contributed by atoms with Crippen molar-refractivity contribution in [1.82, 2.24) is 5.32 Å². The van der Waals surface area contributed by atoms with Crippen molar-refractivity contribution < 1.29 is 14.7 Å². The third kappa shape index (κ3) is 4.95. The van der Waals surface area contributed by atoms with Crippen LogP contribution in [-0.4, -0.2) is 23.5 Å². The predicted octanol–water partition coefficient (Wildman–Crippen LogP) is 4.23. The van der Waals surface area contributed by atoms with Crippen LogP contribution in [0.3, 0.4) is 0 Å². The number of nitrogens with one attached hydrogen (secondary N) is 2. The van der Waals surface area contributed by atoms with Crippen LogP contribution >= 0.6 is 34.3 Å². The van der Waals surface area contributed by atoms with Crippen LogP contribution in [0.5, 0.6) is 0 Å². The number of aliphatic hydroxyl groups excluding tert-OH is 1. The van der Waals surface area contributed by atoms with E-state index in [2.05, 4.69) is 10.6 Å². The Balaban J connectivity index is 1.53. The Hall–Kier alpha value is -2.19. The van der Waals surface area contributed by atoms with E-state index in [1.807, 2.05) is 35.9 Å². The highest BCUT2D eigenvalue weighted by Crippen LogP contribution is 2.32. The highest BCUT2D eigenvalue weighted by Gasteiger charge is 2.17. The van der Waals surface area contributed by atoms with Crippen molar-refractivity contribution in [3.05, 3.63) is 62.6 Å². The molecule has 0 aliphatic carbocycles. The number of hydrogen-bond donors (Lipinski definition) is 3. The summed E-state index contributed by atoms with van der Waals surface area (Å²) in [7, 11) is 0. The Morgan fingerprint density at radius 2 is 2.00 bits per heavy atom. The first-order valence-corrected chi connectivity index (χ1v) is 10.2. The van der Waals surface area contributed by atoms with E-state index in [9.17, 15) is 14.7 Å². The molecule has 0 aliphatic rings.